The highest BCUT2D eigenvalue weighted by Crippen LogP contribution is 2.29. The van der Waals surface area contributed by atoms with E-state index in [1.165, 1.54) is 0 Å². The molecule has 0 radical (unpaired) electrons. The Morgan fingerprint density at radius 1 is 1.05 bits per heavy atom. The van der Waals surface area contributed by atoms with Crippen molar-refractivity contribution < 1.29 is 8.42 Å². The molecule has 0 bridgehead atoms. The van der Waals surface area contributed by atoms with Crippen molar-refractivity contribution in [2.24, 2.45) is 0 Å². The van der Waals surface area contributed by atoms with Crippen LogP contribution in [-0.2, 0) is 10.0 Å². The van der Waals surface area contributed by atoms with Gasteiger partial charge in [-0.2, -0.15) is 0 Å². The highest BCUT2D eigenvalue weighted by Gasteiger charge is 2.19. The van der Waals surface area contributed by atoms with Gasteiger partial charge in [-0.15, -0.1) is 0 Å². The van der Waals surface area contributed by atoms with Crippen molar-refractivity contribution in [3.8, 4) is 0 Å². The maximum Gasteiger partial charge on any atom is 0.264 e. The molecule has 0 unspecified atom stereocenters. The summed E-state index contributed by atoms with van der Waals surface area (Å²) >= 11 is 6.05. The molecule has 0 saturated heterocycles. The number of rotatable bonds is 4. The van der Waals surface area contributed by atoms with E-state index in [0.29, 0.717) is 16.4 Å². The maximum atomic E-state index is 12.5. The molecular formula is C14H15ClN2O2S. The van der Waals surface area contributed by atoms with Crippen LogP contribution in [0.3, 0.4) is 0 Å². The van der Waals surface area contributed by atoms with Gasteiger partial charge in [0.05, 0.1) is 16.4 Å². The van der Waals surface area contributed by atoms with Gasteiger partial charge >= 0.3 is 0 Å². The van der Waals surface area contributed by atoms with Crippen LogP contribution in [-0.4, -0.2) is 15.5 Å². The summed E-state index contributed by atoms with van der Waals surface area (Å²) in [6.07, 6.45) is 0. The number of aryl methyl sites for hydroxylation is 1. The summed E-state index contributed by atoms with van der Waals surface area (Å²) in [5.74, 6) is 0. The molecular weight excluding hydrogens is 296 g/mol. The van der Waals surface area contributed by atoms with Gasteiger partial charge in [0.15, 0.2) is 0 Å². The van der Waals surface area contributed by atoms with E-state index in [1.54, 1.807) is 56.4 Å². The molecule has 0 heterocycles. The Bertz CT molecular complexity index is 709. The minimum Gasteiger partial charge on any atom is -0.387 e. The van der Waals surface area contributed by atoms with Gasteiger partial charge in [-0.3, -0.25) is 4.72 Å². The summed E-state index contributed by atoms with van der Waals surface area (Å²) in [6, 6.07) is 11.9. The molecule has 0 fully saturated rings. The fraction of sp³-hybridized carbons (Fsp3) is 0.143. The molecule has 20 heavy (non-hydrogen) atoms. The molecule has 0 aliphatic heterocycles. The third kappa shape index (κ3) is 2.89. The molecule has 2 aromatic rings. The second-order valence-electron chi connectivity index (χ2n) is 4.28. The van der Waals surface area contributed by atoms with Crippen molar-refractivity contribution in [3.63, 3.8) is 0 Å². The molecule has 2 rings (SSSR count). The lowest BCUT2D eigenvalue weighted by atomic mass is 10.2. The molecule has 4 nitrogen and oxygen atoms in total. The Labute approximate surface area is 123 Å². The van der Waals surface area contributed by atoms with Gasteiger partial charge in [-0.25, -0.2) is 8.42 Å². The molecule has 0 atom stereocenters. The Hall–Kier alpha value is -1.72. The number of hydrogen-bond donors (Lipinski definition) is 2. The number of nitrogens with one attached hydrogen (secondary N) is 2. The van der Waals surface area contributed by atoms with Crippen molar-refractivity contribution in [1.29, 1.82) is 0 Å². The summed E-state index contributed by atoms with van der Waals surface area (Å²) in [5.41, 5.74) is 1.70. The van der Waals surface area contributed by atoms with E-state index in [9.17, 15) is 8.42 Å². The van der Waals surface area contributed by atoms with E-state index in [0.717, 1.165) is 5.56 Å². The Kier molecular flexibility index (Phi) is 4.20. The van der Waals surface area contributed by atoms with Crippen molar-refractivity contribution >= 4 is 33.0 Å². The number of hydrogen-bond acceptors (Lipinski definition) is 3. The first kappa shape index (κ1) is 14.7. The highest BCUT2D eigenvalue weighted by atomic mass is 35.5. The Balaban J connectivity index is 2.47. The summed E-state index contributed by atoms with van der Waals surface area (Å²) < 4.78 is 27.5. The van der Waals surface area contributed by atoms with Gasteiger partial charge in [-0.05, 0) is 30.7 Å². The van der Waals surface area contributed by atoms with Crippen LogP contribution in [0.25, 0.3) is 0 Å². The number of halogens is 1. The number of anilines is 2. The molecule has 0 aliphatic rings. The van der Waals surface area contributed by atoms with Gasteiger partial charge in [0, 0.05) is 7.05 Å². The molecule has 6 heteroatoms. The maximum absolute atomic E-state index is 12.5. The van der Waals surface area contributed by atoms with Crippen LogP contribution in [0.15, 0.2) is 47.4 Å². The smallest absolute Gasteiger partial charge is 0.264 e. The number of para-hydroxylation sites is 2. The average Bonchev–Trinajstić information content (AvgIpc) is 2.43. The van der Waals surface area contributed by atoms with E-state index in [4.69, 9.17) is 11.6 Å². The zero-order valence-corrected chi connectivity index (χ0v) is 12.7. The SMILES string of the molecule is CNc1ccccc1S(=O)(=O)Nc1c(C)cccc1Cl. The minimum atomic E-state index is -3.70. The topological polar surface area (TPSA) is 58.2 Å². The summed E-state index contributed by atoms with van der Waals surface area (Å²) in [5, 5.41) is 3.24. The van der Waals surface area contributed by atoms with Crippen molar-refractivity contribution in [2.45, 2.75) is 11.8 Å². The molecule has 0 spiro atoms. The largest absolute Gasteiger partial charge is 0.387 e. The molecule has 2 N–H and O–H groups in total. The first-order valence-electron chi connectivity index (χ1n) is 6.00. The highest BCUT2D eigenvalue weighted by molar-refractivity contribution is 7.93. The third-order valence-corrected chi connectivity index (χ3v) is 4.63. The minimum absolute atomic E-state index is 0.182. The number of sulfonamides is 1. The summed E-state index contributed by atoms with van der Waals surface area (Å²) in [4.78, 5) is 0.182. The second kappa shape index (κ2) is 5.73. The molecule has 2 aromatic carbocycles. The van der Waals surface area contributed by atoms with Crippen LogP contribution >= 0.6 is 11.6 Å². The molecule has 0 aliphatic carbocycles. The van der Waals surface area contributed by atoms with E-state index < -0.39 is 10.0 Å². The van der Waals surface area contributed by atoms with Crippen LogP contribution in [0.5, 0.6) is 0 Å². The fourth-order valence-electron chi connectivity index (χ4n) is 1.86. The lowest BCUT2D eigenvalue weighted by Crippen LogP contribution is -2.15. The van der Waals surface area contributed by atoms with E-state index in [-0.39, 0.29) is 4.90 Å². The van der Waals surface area contributed by atoms with Crippen molar-refractivity contribution in [1.82, 2.24) is 0 Å². The second-order valence-corrected chi connectivity index (χ2v) is 6.34. The van der Waals surface area contributed by atoms with Gasteiger partial charge in [0.2, 0.25) is 0 Å². The first-order chi connectivity index (χ1) is 9.45. The quantitative estimate of drug-likeness (QED) is 0.909. The molecule has 0 saturated carbocycles. The zero-order valence-electron chi connectivity index (χ0n) is 11.1. The third-order valence-electron chi connectivity index (χ3n) is 2.90. The first-order valence-corrected chi connectivity index (χ1v) is 7.86. The van der Waals surface area contributed by atoms with Gasteiger partial charge < -0.3 is 5.32 Å². The van der Waals surface area contributed by atoms with E-state index in [1.807, 2.05) is 0 Å². The van der Waals surface area contributed by atoms with E-state index >= 15 is 0 Å². The van der Waals surface area contributed by atoms with Gasteiger partial charge in [0.25, 0.3) is 10.0 Å². The molecule has 0 aromatic heterocycles. The monoisotopic (exact) mass is 310 g/mol. The van der Waals surface area contributed by atoms with Crippen molar-refractivity contribution in [3.05, 3.63) is 53.1 Å². The van der Waals surface area contributed by atoms with Gasteiger partial charge in [-0.1, -0.05) is 35.9 Å². The molecule has 106 valence electrons. The number of benzene rings is 2. The predicted octanol–water partition coefficient (Wildman–Crippen LogP) is 3.49. The van der Waals surface area contributed by atoms with Crippen molar-refractivity contribution in [2.75, 3.05) is 17.1 Å². The summed E-state index contributed by atoms with van der Waals surface area (Å²) in [6.45, 7) is 1.80. The predicted molar refractivity (Wildman–Crippen MR) is 83.0 cm³/mol. The lowest BCUT2D eigenvalue weighted by Gasteiger charge is -2.14. The Morgan fingerprint density at radius 3 is 2.40 bits per heavy atom. The van der Waals surface area contributed by atoms with Crippen LogP contribution in [0.4, 0.5) is 11.4 Å². The average molecular weight is 311 g/mol. The molecule has 0 amide bonds. The van der Waals surface area contributed by atoms with Crippen LogP contribution in [0.1, 0.15) is 5.56 Å². The van der Waals surface area contributed by atoms with Crippen LogP contribution in [0.2, 0.25) is 5.02 Å². The standard InChI is InChI=1S/C14H15ClN2O2S/c1-10-6-5-7-11(15)14(10)17-20(18,19)13-9-4-3-8-12(13)16-2/h3-9,16-17H,1-2H3. The normalized spacial score (nSPS) is 11.2. The summed E-state index contributed by atoms with van der Waals surface area (Å²) in [7, 11) is -2.02. The zero-order chi connectivity index (χ0) is 14.8. The van der Waals surface area contributed by atoms with E-state index in [2.05, 4.69) is 10.0 Å². The van der Waals surface area contributed by atoms with Crippen LogP contribution in [0, 0.1) is 6.92 Å². The fourth-order valence-corrected chi connectivity index (χ4v) is 3.55. The Morgan fingerprint density at radius 2 is 1.75 bits per heavy atom. The van der Waals surface area contributed by atoms with Crippen LogP contribution < -0.4 is 10.0 Å². The lowest BCUT2D eigenvalue weighted by molar-refractivity contribution is 0.601. The van der Waals surface area contributed by atoms with Gasteiger partial charge in [0.1, 0.15) is 4.90 Å².